The zero-order valence-corrected chi connectivity index (χ0v) is 18.9. The highest BCUT2D eigenvalue weighted by Crippen LogP contribution is 2.22. The molecule has 1 aliphatic rings. The first-order chi connectivity index (χ1) is 15.5. The molecule has 1 saturated heterocycles. The third kappa shape index (κ3) is 5.36. The predicted octanol–water partition coefficient (Wildman–Crippen LogP) is 4.06. The summed E-state index contributed by atoms with van der Waals surface area (Å²) >= 11 is 5.93. The van der Waals surface area contributed by atoms with E-state index in [1.54, 1.807) is 25.3 Å². The van der Waals surface area contributed by atoms with Crippen molar-refractivity contribution in [2.24, 2.45) is 0 Å². The minimum atomic E-state index is -0.00368. The number of nitrogens with zero attached hydrogens (tertiary/aromatic N) is 4. The summed E-state index contributed by atoms with van der Waals surface area (Å²) in [6.07, 6.45) is 3.43. The maximum atomic E-state index is 12.6. The fourth-order valence-electron chi connectivity index (χ4n) is 3.60. The molecule has 0 spiro atoms. The van der Waals surface area contributed by atoms with Crippen LogP contribution in [0.4, 0.5) is 0 Å². The molecule has 0 aliphatic carbocycles. The Morgan fingerprint density at radius 2 is 1.91 bits per heavy atom. The normalized spacial score (nSPS) is 14.8. The number of piperazine rings is 1. The number of ether oxygens (including phenoxy) is 1. The van der Waals surface area contributed by atoms with Gasteiger partial charge in [0.2, 0.25) is 17.6 Å². The van der Waals surface area contributed by atoms with Gasteiger partial charge >= 0.3 is 0 Å². The average molecular weight is 453 g/mol. The molecule has 2 heterocycles. The molecule has 1 fully saturated rings. The van der Waals surface area contributed by atoms with E-state index in [4.69, 9.17) is 20.9 Å². The first-order valence-electron chi connectivity index (χ1n) is 10.4. The smallest absolute Gasteiger partial charge is 0.246 e. The van der Waals surface area contributed by atoms with Gasteiger partial charge in [0.05, 0.1) is 13.7 Å². The molecule has 8 heteroatoms. The number of carbonyl (C=O) groups excluding carboxylic acids is 1. The van der Waals surface area contributed by atoms with Crippen LogP contribution < -0.4 is 4.74 Å². The van der Waals surface area contributed by atoms with E-state index in [1.807, 2.05) is 48.2 Å². The van der Waals surface area contributed by atoms with Crippen LogP contribution in [-0.4, -0.2) is 59.1 Å². The van der Waals surface area contributed by atoms with Crippen molar-refractivity contribution in [1.29, 1.82) is 0 Å². The molecule has 0 bridgehead atoms. The quantitative estimate of drug-likeness (QED) is 0.525. The summed E-state index contributed by atoms with van der Waals surface area (Å²) in [5.74, 6) is 1.85. The van der Waals surface area contributed by atoms with Crippen LogP contribution in [0.5, 0.6) is 5.75 Å². The third-order valence-corrected chi connectivity index (χ3v) is 5.66. The van der Waals surface area contributed by atoms with Crippen molar-refractivity contribution in [1.82, 2.24) is 19.9 Å². The second kappa shape index (κ2) is 9.97. The van der Waals surface area contributed by atoms with Gasteiger partial charge in [-0.3, -0.25) is 9.69 Å². The molecule has 4 rings (SSSR count). The van der Waals surface area contributed by atoms with Gasteiger partial charge in [0, 0.05) is 48.4 Å². The largest absolute Gasteiger partial charge is 0.496 e. The van der Waals surface area contributed by atoms with E-state index in [0.29, 0.717) is 36.4 Å². The monoisotopic (exact) mass is 452 g/mol. The number of benzene rings is 2. The van der Waals surface area contributed by atoms with Gasteiger partial charge in [0.15, 0.2) is 0 Å². The van der Waals surface area contributed by atoms with Crippen LogP contribution in [0.3, 0.4) is 0 Å². The fraction of sp³-hybridized carbons (Fsp3) is 0.292. The molecule has 1 aliphatic heterocycles. The van der Waals surface area contributed by atoms with Crippen LogP contribution in [0.1, 0.15) is 17.0 Å². The number of halogens is 1. The summed E-state index contributed by atoms with van der Waals surface area (Å²) < 4.78 is 10.8. The summed E-state index contributed by atoms with van der Waals surface area (Å²) in [5, 5.41) is 4.72. The van der Waals surface area contributed by atoms with Crippen molar-refractivity contribution >= 4 is 23.6 Å². The average Bonchev–Trinajstić information content (AvgIpc) is 3.27. The number of carbonyl (C=O) groups is 1. The van der Waals surface area contributed by atoms with Crippen molar-refractivity contribution < 1.29 is 14.1 Å². The topological polar surface area (TPSA) is 71.7 Å². The molecule has 0 N–H and O–H groups in total. The van der Waals surface area contributed by atoms with E-state index >= 15 is 0 Å². The van der Waals surface area contributed by atoms with E-state index in [9.17, 15) is 4.79 Å². The summed E-state index contributed by atoms with van der Waals surface area (Å²) in [4.78, 5) is 21.2. The molecule has 1 aromatic heterocycles. The van der Waals surface area contributed by atoms with Crippen LogP contribution in [-0.2, 0) is 11.3 Å². The molecule has 1 amide bonds. The molecule has 2 aromatic carbocycles. The molecular formula is C24H25ClN4O3. The van der Waals surface area contributed by atoms with Gasteiger partial charge < -0.3 is 14.2 Å². The lowest BCUT2D eigenvalue weighted by molar-refractivity contribution is -0.127. The van der Waals surface area contributed by atoms with Crippen LogP contribution in [0.15, 0.2) is 53.1 Å². The van der Waals surface area contributed by atoms with E-state index < -0.39 is 0 Å². The highest BCUT2D eigenvalue weighted by molar-refractivity contribution is 6.30. The molecule has 7 nitrogen and oxygen atoms in total. The first-order valence-corrected chi connectivity index (χ1v) is 10.8. The lowest BCUT2D eigenvalue weighted by Gasteiger charge is -2.33. The van der Waals surface area contributed by atoms with Crippen molar-refractivity contribution in [3.05, 3.63) is 70.6 Å². The summed E-state index contributed by atoms with van der Waals surface area (Å²) in [5.41, 5.74) is 2.87. The predicted molar refractivity (Wildman–Crippen MR) is 123 cm³/mol. The number of aryl methyl sites for hydroxylation is 1. The zero-order valence-electron chi connectivity index (χ0n) is 18.1. The second-order valence-corrected chi connectivity index (χ2v) is 8.14. The van der Waals surface area contributed by atoms with Gasteiger partial charge in [-0.15, -0.1) is 0 Å². The maximum absolute atomic E-state index is 12.6. The first kappa shape index (κ1) is 22.0. The van der Waals surface area contributed by atoms with Crippen molar-refractivity contribution in [3.8, 4) is 17.1 Å². The minimum Gasteiger partial charge on any atom is -0.496 e. The summed E-state index contributed by atoms with van der Waals surface area (Å²) in [6.45, 7) is 5.34. The molecule has 166 valence electrons. The number of hydrogen-bond acceptors (Lipinski definition) is 6. The van der Waals surface area contributed by atoms with E-state index in [0.717, 1.165) is 35.5 Å². The number of methoxy groups -OCH3 is 1. The highest BCUT2D eigenvalue weighted by Gasteiger charge is 2.21. The van der Waals surface area contributed by atoms with Crippen LogP contribution in [0, 0.1) is 6.92 Å². The van der Waals surface area contributed by atoms with Crippen LogP contribution >= 0.6 is 11.6 Å². The summed E-state index contributed by atoms with van der Waals surface area (Å²) in [7, 11) is 1.63. The Balaban J connectivity index is 1.30. The maximum Gasteiger partial charge on any atom is 0.246 e. The number of amides is 1. The Kier molecular flexibility index (Phi) is 6.87. The molecule has 0 atom stereocenters. The highest BCUT2D eigenvalue weighted by atomic mass is 35.5. The van der Waals surface area contributed by atoms with Gasteiger partial charge in [-0.1, -0.05) is 28.4 Å². The SMILES string of the molecule is COc1ccc(C)cc1C=CC(=O)N1CCN(Cc2nc(-c3ccc(Cl)cc3)no2)CC1. The van der Waals surface area contributed by atoms with Gasteiger partial charge in [-0.05, 0) is 49.4 Å². The fourth-order valence-corrected chi connectivity index (χ4v) is 3.73. The molecule has 3 aromatic rings. The van der Waals surface area contributed by atoms with E-state index in [2.05, 4.69) is 15.0 Å². The van der Waals surface area contributed by atoms with Gasteiger partial charge in [-0.25, -0.2) is 0 Å². The molecule has 32 heavy (non-hydrogen) atoms. The Bertz CT molecular complexity index is 1100. The number of rotatable bonds is 6. The van der Waals surface area contributed by atoms with Crippen molar-refractivity contribution in [2.45, 2.75) is 13.5 Å². The van der Waals surface area contributed by atoms with Crippen LogP contribution in [0.2, 0.25) is 5.02 Å². The molecule has 0 unspecified atom stereocenters. The number of aromatic nitrogens is 2. The molecule has 0 saturated carbocycles. The zero-order chi connectivity index (χ0) is 22.5. The van der Waals surface area contributed by atoms with Crippen LogP contribution in [0.25, 0.3) is 17.5 Å². The number of hydrogen-bond donors (Lipinski definition) is 0. The lowest BCUT2D eigenvalue weighted by Crippen LogP contribution is -2.47. The third-order valence-electron chi connectivity index (χ3n) is 5.40. The van der Waals surface area contributed by atoms with Gasteiger partial charge in [0.25, 0.3) is 0 Å². The Labute approximate surface area is 192 Å². The summed E-state index contributed by atoms with van der Waals surface area (Å²) in [6, 6.07) is 13.2. The van der Waals surface area contributed by atoms with Gasteiger partial charge in [-0.2, -0.15) is 4.98 Å². The van der Waals surface area contributed by atoms with E-state index in [-0.39, 0.29) is 5.91 Å². The molecule has 0 radical (unpaired) electrons. The van der Waals surface area contributed by atoms with Crippen molar-refractivity contribution in [2.75, 3.05) is 33.3 Å². The molecular weight excluding hydrogens is 428 g/mol. The Morgan fingerprint density at radius 3 is 2.62 bits per heavy atom. The standard InChI is InChI=1S/C24H25ClN4O3/c1-17-3-9-21(31-2)19(15-17)6-10-23(30)29-13-11-28(12-14-29)16-22-26-24(27-32-22)18-4-7-20(25)8-5-18/h3-10,15H,11-14,16H2,1-2H3. The minimum absolute atomic E-state index is 0.00368. The van der Waals surface area contributed by atoms with Gasteiger partial charge in [0.1, 0.15) is 5.75 Å². The Morgan fingerprint density at radius 1 is 1.16 bits per heavy atom. The Hall–Kier alpha value is -3.16. The van der Waals surface area contributed by atoms with Crippen molar-refractivity contribution in [3.63, 3.8) is 0 Å². The van der Waals surface area contributed by atoms with E-state index in [1.165, 1.54) is 0 Å². The lowest BCUT2D eigenvalue weighted by atomic mass is 10.1. The second-order valence-electron chi connectivity index (χ2n) is 7.70.